The van der Waals surface area contributed by atoms with Crippen molar-refractivity contribution in [2.45, 2.75) is 37.7 Å². The van der Waals surface area contributed by atoms with Crippen LogP contribution in [0.4, 0.5) is 0 Å². The molecule has 28 heavy (non-hydrogen) atoms. The van der Waals surface area contributed by atoms with Crippen LogP contribution < -0.4 is 0 Å². The number of aryl methyl sites for hydroxylation is 1. The van der Waals surface area contributed by atoms with Crippen molar-refractivity contribution in [3.63, 3.8) is 0 Å². The zero-order valence-corrected chi connectivity index (χ0v) is 16.7. The van der Waals surface area contributed by atoms with E-state index in [0.29, 0.717) is 18.7 Å². The Hall–Kier alpha value is -2.51. The molecule has 1 aliphatic heterocycles. The predicted molar refractivity (Wildman–Crippen MR) is 105 cm³/mol. The molecule has 1 fully saturated rings. The Morgan fingerprint density at radius 3 is 2.29 bits per heavy atom. The van der Waals surface area contributed by atoms with E-state index in [9.17, 15) is 18.0 Å². The van der Waals surface area contributed by atoms with E-state index in [-0.39, 0.29) is 16.2 Å². The normalized spacial score (nSPS) is 15.9. The minimum absolute atomic E-state index is 0.0568. The molecule has 0 bridgehead atoms. The van der Waals surface area contributed by atoms with E-state index in [1.54, 1.807) is 12.1 Å². The van der Waals surface area contributed by atoms with Crippen molar-refractivity contribution in [1.29, 1.82) is 0 Å². The van der Waals surface area contributed by atoms with E-state index >= 15 is 0 Å². The summed E-state index contributed by atoms with van der Waals surface area (Å²) in [4.78, 5) is 25.0. The number of carbonyl (C=O) groups excluding carboxylic acids is 2. The molecule has 1 heterocycles. The smallest absolute Gasteiger partial charge is 0.338 e. The van der Waals surface area contributed by atoms with Gasteiger partial charge in [0.15, 0.2) is 6.10 Å². The van der Waals surface area contributed by atoms with Crippen molar-refractivity contribution >= 4 is 21.8 Å². The highest BCUT2D eigenvalue weighted by Gasteiger charge is 2.28. The zero-order chi connectivity index (χ0) is 20.3. The molecule has 2 aromatic carbocycles. The van der Waals surface area contributed by atoms with Crippen LogP contribution in [0.3, 0.4) is 0 Å². The van der Waals surface area contributed by atoms with Crippen molar-refractivity contribution in [1.82, 2.24) is 4.31 Å². The summed E-state index contributed by atoms with van der Waals surface area (Å²) in [5, 5.41) is 0. The number of benzene rings is 2. The Kier molecular flexibility index (Phi) is 5.96. The molecule has 1 atom stereocenters. The van der Waals surface area contributed by atoms with Crippen molar-refractivity contribution in [2.24, 2.45) is 0 Å². The summed E-state index contributed by atoms with van der Waals surface area (Å²) in [6.07, 6.45) is 0.688. The number of Topliss-reactive ketones (excluding diaryl/α,β-unsaturated/α-hetero) is 1. The average Bonchev–Trinajstić information content (AvgIpc) is 3.24. The third-order valence-electron chi connectivity index (χ3n) is 4.76. The average molecular weight is 401 g/mol. The summed E-state index contributed by atoms with van der Waals surface area (Å²) in [6, 6.07) is 12.8. The Bertz CT molecular complexity index is 976. The standard InChI is InChI=1S/C21H23NO5S/c1-15-8-10-17(11-9-15)20(23)16(2)27-21(24)18-6-5-7-19(14-18)28(25,26)22-12-3-4-13-22/h5-11,14,16H,3-4,12-13H2,1-2H3/t16-/m1/s1. The van der Waals surface area contributed by atoms with Gasteiger partial charge in [-0.25, -0.2) is 13.2 Å². The predicted octanol–water partition coefficient (Wildman–Crippen LogP) is 3.21. The van der Waals surface area contributed by atoms with Gasteiger partial charge in [0.2, 0.25) is 15.8 Å². The molecule has 1 saturated heterocycles. The lowest BCUT2D eigenvalue weighted by Crippen LogP contribution is -2.28. The fourth-order valence-electron chi connectivity index (χ4n) is 3.10. The Morgan fingerprint density at radius 2 is 1.64 bits per heavy atom. The lowest BCUT2D eigenvalue weighted by atomic mass is 10.1. The van der Waals surface area contributed by atoms with Gasteiger partial charge in [0, 0.05) is 18.7 Å². The summed E-state index contributed by atoms with van der Waals surface area (Å²) in [6.45, 7) is 4.39. The highest BCUT2D eigenvalue weighted by atomic mass is 32.2. The second-order valence-corrected chi connectivity index (χ2v) is 8.85. The minimum atomic E-state index is -3.63. The number of hydrogen-bond acceptors (Lipinski definition) is 5. The van der Waals surface area contributed by atoms with Gasteiger partial charge in [-0.3, -0.25) is 4.79 Å². The van der Waals surface area contributed by atoms with Crippen molar-refractivity contribution < 1.29 is 22.7 Å². The molecule has 6 nitrogen and oxygen atoms in total. The molecule has 2 aromatic rings. The molecule has 148 valence electrons. The molecule has 7 heteroatoms. The molecular formula is C21H23NO5S. The number of sulfonamides is 1. The maximum atomic E-state index is 12.7. The van der Waals surface area contributed by atoms with Gasteiger partial charge >= 0.3 is 5.97 Å². The number of carbonyl (C=O) groups is 2. The van der Waals surface area contributed by atoms with Crippen LogP contribution in [0.15, 0.2) is 53.4 Å². The molecule has 0 amide bonds. The molecule has 0 radical (unpaired) electrons. The van der Waals surface area contributed by atoms with Gasteiger partial charge in [0.05, 0.1) is 10.5 Å². The highest BCUT2D eigenvalue weighted by Crippen LogP contribution is 2.22. The number of hydrogen-bond donors (Lipinski definition) is 0. The fraction of sp³-hybridized carbons (Fsp3) is 0.333. The van der Waals surface area contributed by atoms with E-state index in [1.807, 2.05) is 19.1 Å². The number of esters is 1. The summed E-state index contributed by atoms with van der Waals surface area (Å²) < 4.78 is 32.0. The van der Waals surface area contributed by atoms with E-state index in [1.165, 1.54) is 35.5 Å². The van der Waals surface area contributed by atoms with Gasteiger partial charge in [0.25, 0.3) is 0 Å². The second-order valence-electron chi connectivity index (χ2n) is 6.92. The van der Waals surface area contributed by atoms with E-state index in [0.717, 1.165) is 18.4 Å². The second kappa shape index (κ2) is 8.24. The van der Waals surface area contributed by atoms with Gasteiger partial charge in [-0.2, -0.15) is 4.31 Å². The van der Waals surface area contributed by atoms with Crippen LogP contribution in [0.2, 0.25) is 0 Å². The monoisotopic (exact) mass is 401 g/mol. The molecule has 0 unspecified atom stereocenters. The van der Waals surface area contributed by atoms with Gasteiger partial charge in [-0.1, -0.05) is 35.9 Å². The number of ketones is 1. The molecule has 0 saturated carbocycles. The van der Waals surface area contributed by atoms with Gasteiger partial charge in [0.1, 0.15) is 0 Å². The Labute approximate surface area is 165 Å². The van der Waals surface area contributed by atoms with Crippen molar-refractivity contribution in [3.8, 4) is 0 Å². The minimum Gasteiger partial charge on any atom is -0.451 e. The lowest BCUT2D eigenvalue weighted by molar-refractivity contribution is 0.0318. The maximum absolute atomic E-state index is 12.7. The highest BCUT2D eigenvalue weighted by molar-refractivity contribution is 7.89. The van der Waals surface area contributed by atoms with Crippen LogP contribution in [0, 0.1) is 6.92 Å². The third kappa shape index (κ3) is 4.31. The summed E-state index contributed by atoms with van der Waals surface area (Å²) in [7, 11) is -3.63. The van der Waals surface area contributed by atoms with Crippen molar-refractivity contribution in [2.75, 3.05) is 13.1 Å². The van der Waals surface area contributed by atoms with Crippen LogP contribution in [0.1, 0.15) is 46.0 Å². The third-order valence-corrected chi connectivity index (χ3v) is 6.66. The van der Waals surface area contributed by atoms with E-state index in [2.05, 4.69) is 0 Å². The van der Waals surface area contributed by atoms with Crippen LogP contribution in [0.25, 0.3) is 0 Å². The first kappa shape index (κ1) is 20.2. The van der Waals surface area contributed by atoms with Gasteiger partial charge < -0.3 is 4.74 Å². The summed E-state index contributed by atoms with van der Waals surface area (Å²) in [5.74, 6) is -1.04. The number of nitrogens with zero attached hydrogens (tertiary/aromatic N) is 1. The topological polar surface area (TPSA) is 80.8 Å². The van der Waals surface area contributed by atoms with Crippen LogP contribution in [-0.4, -0.2) is 43.7 Å². The molecular weight excluding hydrogens is 378 g/mol. The maximum Gasteiger partial charge on any atom is 0.338 e. The molecule has 3 rings (SSSR count). The van der Waals surface area contributed by atoms with Gasteiger partial charge in [-0.15, -0.1) is 0 Å². The first-order chi connectivity index (χ1) is 13.3. The fourth-order valence-corrected chi connectivity index (χ4v) is 4.66. The van der Waals surface area contributed by atoms with E-state index in [4.69, 9.17) is 4.74 Å². The summed E-state index contributed by atoms with van der Waals surface area (Å²) >= 11 is 0. The quantitative estimate of drug-likeness (QED) is 0.548. The first-order valence-electron chi connectivity index (χ1n) is 9.21. The lowest BCUT2D eigenvalue weighted by Gasteiger charge is -2.16. The Morgan fingerprint density at radius 1 is 1.00 bits per heavy atom. The SMILES string of the molecule is Cc1ccc(C(=O)[C@@H](C)OC(=O)c2cccc(S(=O)(=O)N3CCCC3)c2)cc1. The van der Waals surface area contributed by atoms with E-state index < -0.39 is 22.1 Å². The summed E-state index contributed by atoms with van der Waals surface area (Å²) in [5.41, 5.74) is 1.58. The molecule has 0 aromatic heterocycles. The van der Waals surface area contributed by atoms with Gasteiger partial charge in [-0.05, 0) is 44.9 Å². The Balaban J connectivity index is 1.74. The molecule has 1 aliphatic rings. The number of rotatable bonds is 6. The van der Waals surface area contributed by atoms with Crippen molar-refractivity contribution in [3.05, 3.63) is 65.2 Å². The molecule has 0 aliphatic carbocycles. The number of ether oxygens (including phenoxy) is 1. The zero-order valence-electron chi connectivity index (χ0n) is 15.9. The first-order valence-corrected chi connectivity index (χ1v) is 10.6. The largest absolute Gasteiger partial charge is 0.451 e. The van der Waals surface area contributed by atoms with Crippen LogP contribution in [0.5, 0.6) is 0 Å². The molecule has 0 spiro atoms. The molecule has 0 N–H and O–H groups in total. The van der Waals surface area contributed by atoms with Crippen LogP contribution in [-0.2, 0) is 14.8 Å². The van der Waals surface area contributed by atoms with Crippen LogP contribution >= 0.6 is 0 Å².